The molecule has 2 rings (SSSR count). The fourth-order valence-corrected chi connectivity index (χ4v) is 3.06. The number of hydrogen-bond acceptors (Lipinski definition) is 1. The standard InChI is InChI=1S/C8H7IO/c1-6-2-3-8-7(9-6)4-5-10-8/h2-5H,1H3. The Balaban J connectivity index is 2.62. The average molecular weight is 246 g/mol. The third-order valence-corrected chi connectivity index (χ3v) is 4.04. The molecule has 0 aromatic carbocycles. The summed E-state index contributed by atoms with van der Waals surface area (Å²) in [7, 11) is 0. The highest BCUT2D eigenvalue weighted by Gasteiger charge is 2.04. The van der Waals surface area contributed by atoms with Gasteiger partial charge >= 0.3 is 0 Å². The molecule has 1 nitrogen and oxygen atoms in total. The zero-order chi connectivity index (χ0) is 6.97. The van der Waals surface area contributed by atoms with Gasteiger partial charge in [0.2, 0.25) is 0 Å². The van der Waals surface area contributed by atoms with Crippen molar-refractivity contribution in [1.29, 1.82) is 0 Å². The van der Waals surface area contributed by atoms with E-state index in [0.717, 1.165) is 5.76 Å². The zero-order valence-corrected chi connectivity index (χ0v) is 7.75. The molecule has 1 aliphatic rings. The van der Waals surface area contributed by atoms with Gasteiger partial charge in [-0.15, -0.1) is 0 Å². The van der Waals surface area contributed by atoms with Gasteiger partial charge in [-0.25, -0.2) is 0 Å². The Morgan fingerprint density at radius 1 is 1.40 bits per heavy atom. The number of halogens is 1. The quantitative estimate of drug-likeness (QED) is 0.641. The lowest BCUT2D eigenvalue weighted by molar-refractivity contribution is 0.555. The average Bonchev–Trinajstić information content (AvgIpc) is 2.33. The summed E-state index contributed by atoms with van der Waals surface area (Å²) in [6.45, 7) is 2.18. The molecular formula is C8H7IO. The third-order valence-electron chi connectivity index (χ3n) is 1.36. The van der Waals surface area contributed by atoms with Gasteiger partial charge in [-0.05, 0) is 28.7 Å². The molecule has 0 fully saturated rings. The molecule has 2 heteroatoms. The third kappa shape index (κ3) is 0.963. The molecule has 0 amide bonds. The van der Waals surface area contributed by atoms with Crippen LogP contribution in [-0.4, -0.2) is 3.51 Å². The lowest BCUT2D eigenvalue weighted by Crippen LogP contribution is -1.85. The van der Waals surface area contributed by atoms with E-state index in [9.17, 15) is 0 Å². The summed E-state index contributed by atoms with van der Waals surface area (Å²) in [5, 5.41) is 0. The van der Waals surface area contributed by atoms with Crippen molar-refractivity contribution in [3.05, 3.63) is 27.7 Å². The van der Waals surface area contributed by atoms with E-state index in [1.54, 1.807) is 6.26 Å². The van der Waals surface area contributed by atoms with Crippen LogP contribution < -0.4 is 0 Å². The number of fused-ring (bicyclic) bond motifs is 1. The van der Waals surface area contributed by atoms with Crippen molar-refractivity contribution >= 4 is 30.3 Å². The van der Waals surface area contributed by atoms with Crippen LogP contribution in [0.1, 0.15) is 12.7 Å². The van der Waals surface area contributed by atoms with Crippen molar-refractivity contribution in [1.82, 2.24) is 0 Å². The van der Waals surface area contributed by atoms with Gasteiger partial charge < -0.3 is 4.42 Å². The number of hydrogen-bond donors (Lipinski definition) is 0. The van der Waals surface area contributed by atoms with Crippen LogP contribution in [0.5, 0.6) is 0 Å². The molecule has 1 aromatic rings. The molecule has 52 valence electrons. The SMILES string of the molecule is CC1=Ic2ccoc2C=C1. The molecule has 1 aromatic heterocycles. The van der Waals surface area contributed by atoms with Crippen LogP contribution in [0.4, 0.5) is 0 Å². The first-order valence-electron chi connectivity index (χ1n) is 3.10. The molecule has 0 radical (unpaired) electrons. The van der Waals surface area contributed by atoms with E-state index in [1.807, 2.05) is 6.08 Å². The van der Waals surface area contributed by atoms with Gasteiger partial charge in [0.25, 0.3) is 0 Å². The van der Waals surface area contributed by atoms with Crippen LogP contribution in [0.25, 0.3) is 6.08 Å². The monoisotopic (exact) mass is 246 g/mol. The Labute approximate surface area is 69.5 Å². The first-order chi connectivity index (χ1) is 4.86. The summed E-state index contributed by atoms with van der Waals surface area (Å²) in [4.78, 5) is 0. The van der Waals surface area contributed by atoms with Crippen molar-refractivity contribution in [2.75, 3.05) is 0 Å². The van der Waals surface area contributed by atoms with E-state index in [0.29, 0.717) is 0 Å². The van der Waals surface area contributed by atoms with E-state index < -0.39 is 0 Å². The predicted molar refractivity (Wildman–Crippen MR) is 51.1 cm³/mol. The molecule has 2 heterocycles. The van der Waals surface area contributed by atoms with Gasteiger partial charge in [0, 0.05) is 0 Å². The van der Waals surface area contributed by atoms with Crippen molar-refractivity contribution in [3.63, 3.8) is 0 Å². The van der Waals surface area contributed by atoms with Crippen LogP contribution in [0.3, 0.4) is 0 Å². The maximum absolute atomic E-state index is 5.23. The predicted octanol–water partition coefficient (Wildman–Crippen LogP) is 2.64. The molecular weight excluding hydrogens is 239 g/mol. The van der Waals surface area contributed by atoms with Crippen LogP contribution >= 0.6 is 20.7 Å². The van der Waals surface area contributed by atoms with Gasteiger partial charge in [-0.1, -0.05) is 20.7 Å². The Morgan fingerprint density at radius 3 is 3.20 bits per heavy atom. The Hall–Kier alpha value is -0.380. The smallest absolute Gasteiger partial charge is 0.139 e. The summed E-state index contributed by atoms with van der Waals surface area (Å²) in [5.74, 6) is 1.07. The fraction of sp³-hybridized carbons (Fsp3) is 0.125. The topological polar surface area (TPSA) is 13.1 Å². The van der Waals surface area contributed by atoms with E-state index in [2.05, 4.69) is 19.1 Å². The molecule has 10 heavy (non-hydrogen) atoms. The normalized spacial score (nSPS) is 15.5. The van der Waals surface area contributed by atoms with Gasteiger partial charge in [-0.3, -0.25) is 0 Å². The molecule has 0 aliphatic carbocycles. The zero-order valence-electron chi connectivity index (χ0n) is 5.60. The van der Waals surface area contributed by atoms with Gasteiger partial charge in [0.15, 0.2) is 0 Å². The lowest BCUT2D eigenvalue weighted by atomic mass is 10.3. The van der Waals surface area contributed by atoms with E-state index in [-0.39, 0.29) is 20.7 Å². The molecule has 0 atom stereocenters. The first kappa shape index (κ1) is 6.34. The minimum absolute atomic E-state index is 0.106. The Morgan fingerprint density at radius 2 is 2.30 bits per heavy atom. The molecule has 0 unspecified atom stereocenters. The second kappa shape index (κ2) is 2.34. The van der Waals surface area contributed by atoms with Crippen molar-refractivity contribution in [2.24, 2.45) is 0 Å². The second-order valence-corrected chi connectivity index (χ2v) is 5.55. The maximum atomic E-state index is 5.23. The van der Waals surface area contributed by atoms with Crippen molar-refractivity contribution in [2.45, 2.75) is 6.92 Å². The number of furan rings is 1. The second-order valence-electron chi connectivity index (χ2n) is 2.15. The maximum Gasteiger partial charge on any atom is 0.139 e. The van der Waals surface area contributed by atoms with E-state index in [1.165, 1.54) is 7.08 Å². The summed E-state index contributed by atoms with van der Waals surface area (Å²) >= 11 is 0.106. The molecule has 0 bridgehead atoms. The highest BCUT2D eigenvalue weighted by Crippen LogP contribution is 2.25. The largest absolute Gasteiger partial charge is 0.464 e. The first-order valence-corrected chi connectivity index (χ1v) is 5.26. The summed E-state index contributed by atoms with van der Waals surface area (Å²) < 4.78 is 8.15. The fourth-order valence-electron chi connectivity index (χ4n) is 0.885. The van der Waals surface area contributed by atoms with Crippen molar-refractivity contribution < 1.29 is 4.42 Å². The molecule has 0 saturated heterocycles. The van der Waals surface area contributed by atoms with E-state index >= 15 is 0 Å². The Kier molecular flexibility index (Phi) is 1.48. The summed E-state index contributed by atoms with van der Waals surface area (Å²) in [6, 6.07) is 2.08. The highest BCUT2D eigenvalue weighted by molar-refractivity contribution is 14.2. The van der Waals surface area contributed by atoms with Crippen LogP contribution in [0.15, 0.2) is 22.8 Å². The van der Waals surface area contributed by atoms with Gasteiger partial charge in [-0.2, -0.15) is 0 Å². The number of allylic oxidation sites excluding steroid dienone is 1. The van der Waals surface area contributed by atoms with Gasteiger partial charge in [0.1, 0.15) is 5.76 Å². The Bertz CT molecular complexity index is 307. The molecule has 1 aliphatic heterocycles. The van der Waals surface area contributed by atoms with Crippen molar-refractivity contribution in [3.8, 4) is 0 Å². The number of rotatable bonds is 0. The molecule has 0 spiro atoms. The molecule has 0 saturated carbocycles. The van der Waals surface area contributed by atoms with E-state index in [4.69, 9.17) is 4.42 Å². The summed E-state index contributed by atoms with van der Waals surface area (Å²) in [6.07, 6.45) is 5.97. The van der Waals surface area contributed by atoms with Crippen LogP contribution in [0, 0.1) is 3.57 Å². The highest BCUT2D eigenvalue weighted by atomic mass is 127. The minimum Gasteiger partial charge on any atom is -0.464 e. The van der Waals surface area contributed by atoms with Gasteiger partial charge in [0.05, 0.1) is 9.83 Å². The van der Waals surface area contributed by atoms with Crippen LogP contribution in [-0.2, 0) is 0 Å². The molecule has 0 N–H and O–H groups in total. The summed E-state index contributed by atoms with van der Waals surface area (Å²) in [5.41, 5.74) is 0. The lowest BCUT2D eigenvalue weighted by Gasteiger charge is -1.97. The minimum atomic E-state index is 0.106. The van der Waals surface area contributed by atoms with Crippen LogP contribution in [0.2, 0.25) is 0 Å².